The van der Waals surface area contributed by atoms with Crippen molar-refractivity contribution in [1.29, 1.82) is 0 Å². The van der Waals surface area contributed by atoms with Crippen LogP contribution in [0.3, 0.4) is 0 Å². The van der Waals surface area contributed by atoms with Gasteiger partial charge in [-0.05, 0) is 72.0 Å². The Labute approximate surface area is 187 Å². The average molecular weight is 448 g/mol. The lowest BCUT2D eigenvalue weighted by Crippen LogP contribution is -2.46. The highest BCUT2D eigenvalue weighted by Gasteiger charge is 2.44. The minimum atomic E-state index is -3.27. The molecule has 0 aromatic heterocycles. The number of fused-ring (bicyclic) bond motifs is 1. The zero-order chi connectivity index (χ0) is 23.1. The van der Waals surface area contributed by atoms with E-state index in [1.807, 2.05) is 43.5 Å². The number of hydrogen-bond donors (Lipinski definition) is 2. The van der Waals surface area contributed by atoms with E-state index in [0.29, 0.717) is 12.0 Å². The zero-order valence-corrected chi connectivity index (χ0v) is 18.6. The van der Waals surface area contributed by atoms with Gasteiger partial charge in [-0.2, -0.15) is 0 Å². The summed E-state index contributed by atoms with van der Waals surface area (Å²) in [5.74, 6) is -0.441. The Morgan fingerprint density at radius 3 is 2.41 bits per heavy atom. The Kier molecular flexibility index (Phi) is 5.38. The maximum atomic E-state index is 12.6. The Balaban J connectivity index is 1.75. The van der Waals surface area contributed by atoms with Crippen molar-refractivity contribution >= 4 is 27.7 Å². The lowest BCUT2D eigenvalue weighted by Gasteiger charge is -2.41. The molecule has 3 aromatic carbocycles. The zero-order valence-electron chi connectivity index (χ0n) is 17.8. The first kappa shape index (κ1) is 21.8. The quantitative estimate of drug-likeness (QED) is 0.623. The van der Waals surface area contributed by atoms with Crippen LogP contribution in [-0.4, -0.2) is 26.9 Å². The fraction of sp³-hybridized carbons (Fsp3) is 0.200. The summed E-state index contributed by atoms with van der Waals surface area (Å²) in [4.78, 5) is 23.9. The van der Waals surface area contributed by atoms with Crippen LogP contribution in [-0.2, 0) is 25.8 Å². The second kappa shape index (κ2) is 7.91. The van der Waals surface area contributed by atoms with Gasteiger partial charge < -0.3 is 11.1 Å². The molecule has 0 aliphatic carbocycles. The van der Waals surface area contributed by atoms with E-state index in [1.54, 1.807) is 36.4 Å². The second-order valence-corrected chi connectivity index (χ2v) is 10.4. The number of primary amides is 1. The number of rotatable bonds is 5. The van der Waals surface area contributed by atoms with Crippen LogP contribution < -0.4 is 11.1 Å². The first-order valence-electron chi connectivity index (χ1n) is 10.1. The van der Waals surface area contributed by atoms with E-state index in [1.165, 1.54) is 6.26 Å². The smallest absolute Gasteiger partial charge is 0.233 e. The molecule has 32 heavy (non-hydrogen) atoms. The van der Waals surface area contributed by atoms with Crippen LogP contribution in [0.2, 0.25) is 0 Å². The molecule has 0 saturated carbocycles. The average Bonchev–Trinajstić information content (AvgIpc) is 2.77. The maximum Gasteiger partial charge on any atom is 0.233 e. The molecule has 4 rings (SSSR count). The summed E-state index contributed by atoms with van der Waals surface area (Å²) >= 11 is 0. The van der Waals surface area contributed by atoms with E-state index < -0.39 is 21.2 Å². The molecule has 3 N–H and O–H groups in total. The van der Waals surface area contributed by atoms with E-state index in [9.17, 15) is 18.0 Å². The van der Waals surface area contributed by atoms with Crippen LogP contribution in [0.25, 0.3) is 11.1 Å². The number of anilines is 1. The van der Waals surface area contributed by atoms with Crippen molar-refractivity contribution in [3.05, 3.63) is 83.4 Å². The van der Waals surface area contributed by atoms with Gasteiger partial charge in [-0.1, -0.05) is 30.3 Å². The number of benzene rings is 3. The molecule has 7 heteroatoms. The standard InChI is InChI=1S/C25H23N2O4S/c1-25(24(26)29)14-20-12-16(15-28)6-11-22(20)27-23(25)19-5-3-4-18(13-19)17-7-9-21(10-8-17)32(2,30)31/h3-13,23,27H,14H2,1-2H3,(H2,26,29). The first-order chi connectivity index (χ1) is 15.1. The lowest BCUT2D eigenvalue weighted by molar-refractivity contribution is -0.127. The molecule has 3 aromatic rings. The van der Waals surface area contributed by atoms with Gasteiger partial charge in [0, 0.05) is 17.5 Å². The SMILES string of the molecule is CC1(C(N)=O)Cc2cc([C]=O)ccc2NC1c1cccc(-c2ccc(S(C)(=O)=O)cc2)c1. The summed E-state index contributed by atoms with van der Waals surface area (Å²) < 4.78 is 23.5. The third-order valence-electron chi connectivity index (χ3n) is 6.12. The Morgan fingerprint density at radius 1 is 1.06 bits per heavy atom. The molecule has 0 spiro atoms. The van der Waals surface area contributed by atoms with Gasteiger partial charge >= 0.3 is 0 Å². The normalized spacial score (nSPS) is 20.1. The highest BCUT2D eigenvalue weighted by atomic mass is 32.2. The van der Waals surface area contributed by atoms with Crippen molar-refractivity contribution in [3.8, 4) is 11.1 Å². The highest BCUT2D eigenvalue weighted by molar-refractivity contribution is 7.90. The number of nitrogens with two attached hydrogens (primary N) is 1. The molecular formula is C25H23N2O4S. The summed E-state index contributed by atoms with van der Waals surface area (Å²) in [6, 6.07) is 19.3. The van der Waals surface area contributed by atoms with E-state index in [2.05, 4.69) is 5.32 Å². The Hall–Kier alpha value is -3.45. The number of amides is 1. The summed E-state index contributed by atoms with van der Waals surface area (Å²) in [6.07, 6.45) is 3.45. The Bertz CT molecular complexity index is 1320. The van der Waals surface area contributed by atoms with Gasteiger partial charge in [0.2, 0.25) is 12.2 Å². The van der Waals surface area contributed by atoms with Gasteiger partial charge in [-0.15, -0.1) is 0 Å². The molecule has 1 aliphatic heterocycles. The third-order valence-corrected chi connectivity index (χ3v) is 7.24. The van der Waals surface area contributed by atoms with E-state index in [4.69, 9.17) is 5.73 Å². The van der Waals surface area contributed by atoms with Crippen molar-refractivity contribution in [2.45, 2.75) is 24.3 Å². The monoisotopic (exact) mass is 447 g/mol. The van der Waals surface area contributed by atoms with Crippen molar-refractivity contribution in [2.24, 2.45) is 11.1 Å². The molecule has 1 amide bonds. The van der Waals surface area contributed by atoms with Crippen LogP contribution in [0, 0.1) is 5.41 Å². The third kappa shape index (κ3) is 3.91. The van der Waals surface area contributed by atoms with Crippen LogP contribution in [0.4, 0.5) is 5.69 Å². The van der Waals surface area contributed by atoms with Crippen molar-refractivity contribution in [2.75, 3.05) is 11.6 Å². The number of carbonyl (C=O) groups is 1. The molecule has 163 valence electrons. The molecule has 1 heterocycles. The van der Waals surface area contributed by atoms with E-state index in [0.717, 1.165) is 27.9 Å². The molecule has 2 unspecified atom stereocenters. The van der Waals surface area contributed by atoms with Gasteiger partial charge in [0.15, 0.2) is 9.84 Å². The minimum absolute atomic E-state index is 0.260. The van der Waals surface area contributed by atoms with Crippen molar-refractivity contribution in [3.63, 3.8) is 0 Å². The maximum absolute atomic E-state index is 12.6. The molecular weight excluding hydrogens is 424 g/mol. The van der Waals surface area contributed by atoms with Gasteiger partial charge in [-0.25, -0.2) is 8.42 Å². The van der Waals surface area contributed by atoms with E-state index >= 15 is 0 Å². The predicted molar refractivity (Wildman–Crippen MR) is 124 cm³/mol. The van der Waals surface area contributed by atoms with Crippen molar-refractivity contribution in [1.82, 2.24) is 0 Å². The highest BCUT2D eigenvalue weighted by Crippen LogP contribution is 2.45. The van der Waals surface area contributed by atoms with Gasteiger partial charge in [0.05, 0.1) is 16.4 Å². The number of carbonyl (C=O) groups excluding carboxylic acids is 2. The number of nitrogens with one attached hydrogen (secondary N) is 1. The molecule has 0 bridgehead atoms. The molecule has 2 atom stereocenters. The minimum Gasteiger partial charge on any atom is -0.377 e. The fourth-order valence-corrected chi connectivity index (χ4v) is 4.86. The molecule has 1 aliphatic rings. The molecule has 0 fully saturated rings. The molecule has 1 radical (unpaired) electrons. The van der Waals surface area contributed by atoms with Crippen LogP contribution in [0.1, 0.15) is 29.7 Å². The van der Waals surface area contributed by atoms with Gasteiger partial charge in [0.1, 0.15) is 0 Å². The summed E-state index contributed by atoms with van der Waals surface area (Å²) in [6.45, 7) is 1.82. The predicted octanol–water partition coefficient (Wildman–Crippen LogP) is 3.42. The lowest BCUT2D eigenvalue weighted by atomic mass is 9.70. The van der Waals surface area contributed by atoms with Crippen LogP contribution in [0.15, 0.2) is 71.6 Å². The van der Waals surface area contributed by atoms with Gasteiger partial charge in [-0.3, -0.25) is 9.59 Å². The second-order valence-electron chi connectivity index (χ2n) is 8.43. The topological polar surface area (TPSA) is 106 Å². The molecule has 6 nitrogen and oxygen atoms in total. The summed E-state index contributed by atoms with van der Waals surface area (Å²) in [5.41, 5.74) is 9.68. The number of hydrogen-bond acceptors (Lipinski definition) is 5. The van der Waals surface area contributed by atoms with Gasteiger partial charge in [0.25, 0.3) is 0 Å². The van der Waals surface area contributed by atoms with Crippen molar-refractivity contribution < 1.29 is 18.0 Å². The van der Waals surface area contributed by atoms with Crippen LogP contribution >= 0.6 is 0 Å². The summed E-state index contributed by atoms with van der Waals surface area (Å²) in [7, 11) is -3.27. The van der Waals surface area contributed by atoms with E-state index in [-0.39, 0.29) is 10.9 Å². The first-order valence-corrected chi connectivity index (χ1v) is 12.0. The van der Waals surface area contributed by atoms with Crippen LogP contribution in [0.5, 0.6) is 0 Å². The Morgan fingerprint density at radius 2 is 1.78 bits per heavy atom. The number of sulfone groups is 1. The largest absolute Gasteiger partial charge is 0.377 e. The molecule has 0 saturated heterocycles. The summed E-state index contributed by atoms with van der Waals surface area (Å²) in [5, 5.41) is 3.43. The fourth-order valence-electron chi connectivity index (χ4n) is 4.23.